The van der Waals surface area contributed by atoms with Crippen molar-refractivity contribution >= 4 is 97.8 Å². The Morgan fingerprint density at radius 2 is 1.68 bits per heavy atom. The quantitative estimate of drug-likeness (QED) is 0.117. The third-order valence-electron chi connectivity index (χ3n) is 1.75. The molecule has 152 valence electrons. The Hall–Kier alpha value is 3.19. The molecule has 1 aromatic carbocycles. The number of para-hydroxylation sites is 1. The maximum absolute atomic E-state index is 6.72. The molecule has 0 aliphatic heterocycles. The van der Waals surface area contributed by atoms with E-state index < -0.39 is 13.5 Å². The van der Waals surface area contributed by atoms with E-state index in [0.717, 1.165) is 33.8 Å². The fourth-order valence-corrected chi connectivity index (χ4v) is 2.98. The van der Waals surface area contributed by atoms with Gasteiger partial charge in [0.2, 0.25) is 0 Å². The molecule has 0 saturated heterocycles. The largest absolute Gasteiger partial charge is 0.459 e. The van der Waals surface area contributed by atoms with Gasteiger partial charge in [-0.1, -0.05) is 44.1 Å². The molecule has 0 aliphatic carbocycles. The summed E-state index contributed by atoms with van der Waals surface area (Å²) in [5.41, 5.74) is 1.05. The van der Waals surface area contributed by atoms with Crippen LogP contribution in [-0.4, -0.2) is 29.5 Å². The fraction of sp³-hybridized carbons (Fsp3) is 0.385. The standard InChI is InChI=1S/C10H12O.C3H9N2.2ClH.2H3IP2.Ru/c1-8(2)11-10-7-5-4-6-9(10)3;1-4-3-5-2;;;2*1-3-2;/h3-8H,1-2H3;3-5H,1-2H3;2*1H;2*3H,2H2;/q;-1;;;;;+2/p-1/i/hD2. The van der Waals surface area contributed by atoms with Crippen molar-refractivity contribution in [3.05, 3.63) is 36.5 Å². The van der Waals surface area contributed by atoms with Gasteiger partial charge in [0.05, 0.1) is 2.82 Å². The molecule has 12 heteroatoms. The SMILES string of the molecule is CC(C)[OH+]c1ccccc1[CH]=[Ru]([Cl])[Cl].PPI.PPI.[2H]N(C)[CH-]N([2H])C. The summed E-state index contributed by atoms with van der Waals surface area (Å²) in [5.74, 6) is 2.91. The van der Waals surface area contributed by atoms with Crippen LogP contribution in [0, 0.1) is 6.67 Å². The van der Waals surface area contributed by atoms with Crippen molar-refractivity contribution < 1.29 is 21.1 Å². The molecule has 0 heterocycles. The number of nitrogens with one attached hydrogen (secondary N) is 2. The smallest absolute Gasteiger partial charge is 0.0860 e. The Balaban J connectivity index is -0.000000370. The van der Waals surface area contributed by atoms with E-state index in [4.69, 9.17) is 22.2 Å². The van der Waals surface area contributed by atoms with Gasteiger partial charge in [0.25, 0.3) is 0 Å². The van der Waals surface area contributed by atoms with E-state index in [1.807, 2.05) is 42.7 Å². The number of benzene rings is 1. The molecular formula is C13H28Cl2I2N2OP4Ru. The molecule has 25 heavy (non-hydrogen) atoms. The van der Waals surface area contributed by atoms with Crippen molar-refractivity contribution in [3.8, 4) is 5.75 Å². The molecular weight excluding hydrogens is 750 g/mol. The van der Waals surface area contributed by atoms with Crippen LogP contribution in [-0.2, 0) is 13.5 Å². The van der Waals surface area contributed by atoms with Crippen molar-refractivity contribution in [3.63, 3.8) is 0 Å². The van der Waals surface area contributed by atoms with Crippen molar-refractivity contribution in [1.29, 1.82) is 0 Å². The zero-order valence-corrected chi connectivity index (χ0v) is 26.3. The first-order valence-corrected chi connectivity index (χ1v) is 23.9. The summed E-state index contributed by atoms with van der Waals surface area (Å²) in [6.45, 7) is 5.43. The molecule has 0 spiro atoms. The molecule has 0 saturated carbocycles. The van der Waals surface area contributed by atoms with Gasteiger partial charge in [0.15, 0.2) is 0 Å². The van der Waals surface area contributed by atoms with Gasteiger partial charge in [0, 0.05) is 0 Å². The summed E-state index contributed by atoms with van der Waals surface area (Å²) in [7, 11) is 19.9. The van der Waals surface area contributed by atoms with E-state index in [0.29, 0.717) is 0 Å². The van der Waals surface area contributed by atoms with Gasteiger partial charge in [-0.3, -0.25) is 0 Å². The van der Waals surface area contributed by atoms with Crippen molar-refractivity contribution in [2.24, 2.45) is 0 Å². The molecule has 0 radical (unpaired) electrons. The first-order chi connectivity index (χ1) is 12.5. The van der Waals surface area contributed by atoms with E-state index in [9.17, 15) is 0 Å². The average Bonchev–Trinajstić information content (AvgIpc) is 2.49. The first kappa shape index (κ1) is 28.2. The molecule has 0 amide bonds. The summed E-state index contributed by atoms with van der Waals surface area (Å²) < 4.78 is 19.9. The molecule has 0 aliphatic rings. The zero-order valence-electron chi connectivity index (χ0n) is 16.4. The van der Waals surface area contributed by atoms with E-state index in [1.165, 1.54) is 6.67 Å². The summed E-state index contributed by atoms with van der Waals surface area (Å²) in [6.07, 6.45) is 0.288. The summed E-state index contributed by atoms with van der Waals surface area (Å²) in [5, 5.41) is 2.12. The summed E-state index contributed by atoms with van der Waals surface area (Å²) in [6, 6.07) is 7.92. The Labute approximate surface area is 203 Å². The molecule has 0 aromatic heterocycles. The Kier molecular flexibility index (Phi) is 30.7. The number of rotatable bonds is 5. The predicted octanol–water partition coefficient (Wildman–Crippen LogP) is 6.57. The zero-order chi connectivity index (χ0) is 21.8. The third-order valence-corrected chi connectivity index (χ3v) is 3.58. The van der Waals surface area contributed by atoms with Crippen molar-refractivity contribution in [2.45, 2.75) is 20.0 Å². The number of aromatic hydroxyl groups is 1. The van der Waals surface area contributed by atoms with Crippen LogP contribution in [0.5, 0.6) is 5.75 Å². The molecule has 3 nitrogen and oxygen atoms in total. The minimum absolute atomic E-state index is 0.288. The minimum atomic E-state index is -1.75. The van der Waals surface area contributed by atoms with Gasteiger partial charge in [-0.2, -0.15) is 0 Å². The topological polar surface area (TPSA) is 36.9 Å². The van der Waals surface area contributed by atoms with Crippen LogP contribution in [0.4, 0.5) is 0 Å². The molecule has 4 atom stereocenters. The third kappa shape index (κ3) is 29.5. The Bertz CT molecular complexity index is 487. The molecule has 0 fully saturated rings. The van der Waals surface area contributed by atoms with Crippen LogP contribution in [0.2, 0.25) is 2.82 Å². The van der Waals surface area contributed by atoms with Crippen LogP contribution in [0.3, 0.4) is 0 Å². The van der Waals surface area contributed by atoms with Gasteiger partial charge in [-0.25, -0.2) is 6.67 Å². The Morgan fingerprint density at radius 1 is 1.24 bits per heavy atom. The maximum Gasteiger partial charge on any atom is 0.0860 e. The average molecular weight is 780 g/mol. The number of ether oxygens (including phenoxy) is 1. The second kappa shape index (κ2) is 27.2. The van der Waals surface area contributed by atoms with E-state index >= 15 is 0 Å². The minimum Gasteiger partial charge on any atom is -0.459 e. The fourth-order valence-electron chi connectivity index (χ4n) is 1.17. The van der Waals surface area contributed by atoms with Crippen LogP contribution in [0.25, 0.3) is 0 Å². The molecule has 3 N–H and O–H groups in total. The molecule has 0 bridgehead atoms. The van der Waals surface area contributed by atoms with Gasteiger partial charge >= 0.3 is 97.8 Å². The van der Waals surface area contributed by atoms with Gasteiger partial charge < -0.3 is 10.6 Å². The van der Waals surface area contributed by atoms with Crippen LogP contribution >= 0.6 is 93.1 Å². The monoisotopic (exact) mass is 780 g/mol. The predicted molar refractivity (Wildman–Crippen MR) is 147 cm³/mol. The number of hydrogen-bond donors (Lipinski definition) is 2. The number of aliphatic hydroxyl groups is 1. The number of halogens is 4. The normalized spacial score (nSPS) is 12.0. The van der Waals surface area contributed by atoms with Crippen LogP contribution < -0.4 is 10.6 Å². The second-order valence-corrected chi connectivity index (χ2v) is 22.6. The van der Waals surface area contributed by atoms with Crippen molar-refractivity contribution in [1.82, 2.24) is 10.6 Å². The van der Waals surface area contributed by atoms with Crippen molar-refractivity contribution in [2.75, 3.05) is 14.1 Å². The van der Waals surface area contributed by atoms with E-state index in [2.05, 4.69) is 66.7 Å². The first-order valence-electron chi connectivity index (χ1n) is 7.48. The number of hydrogen-bond acceptors (Lipinski definition) is 2. The van der Waals surface area contributed by atoms with E-state index in [1.54, 1.807) is 14.1 Å². The molecule has 4 unspecified atom stereocenters. The van der Waals surface area contributed by atoms with Crippen LogP contribution in [0.1, 0.15) is 19.4 Å². The van der Waals surface area contributed by atoms with E-state index in [-0.39, 0.29) is 6.10 Å². The second-order valence-electron chi connectivity index (χ2n) is 3.94. The molecule has 1 aromatic rings. The van der Waals surface area contributed by atoms with Gasteiger partial charge in [-0.05, 0) is 25.9 Å². The summed E-state index contributed by atoms with van der Waals surface area (Å²) in [4.78, 5) is 0. The molecule has 1 rings (SSSR count). The van der Waals surface area contributed by atoms with Gasteiger partial charge in [-0.15, -0.1) is 17.9 Å². The Morgan fingerprint density at radius 3 is 2.00 bits per heavy atom. The van der Waals surface area contributed by atoms with Gasteiger partial charge in [0.1, 0.15) is 0 Å². The summed E-state index contributed by atoms with van der Waals surface area (Å²) >= 11 is 2.81. The van der Waals surface area contributed by atoms with Crippen LogP contribution in [0.15, 0.2) is 24.3 Å². The maximum atomic E-state index is 6.72.